The number of rotatable bonds is 6. The van der Waals surface area contributed by atoms with Crippen LogP contribution in [0.4, 0.5) is 0 Å². The smallest absolute Gasteiger partial charge is 0.277 e. The number of benzene rings is 1. The highest BCUT2D eigenvalue weighted by atomic mass is 32.2. The van der Waals surface area contributed by atoms with Crippen LogP contribution in [0.1, 0.15) is 51.6 Å². The van der Waals surface area contributed by atoms with Crippen molar-refractivity contribution in [2.45, 2.75) is 50.5 Å². The van der Waals surface area contributed by atoms with Gasteiger partial charge in [0, 0.05) is 5.41 Å². The molecule has 0 aliphatic heterocycles. The van der Waals surface area contributed by atoms with Gasteiger partial charge in [-0.25, -0.2) is 0 Å². The van der Waals surface area contributed by atoms with Gasteiger partial charge in [0.05, 0.1) is 17.4 Å². The van der Waals surface area contributed by atoms with Gasteiger partial charge in [-0.3, -0.25) is 0 Å². The third kappa shape index (κ3) is 4.07. The number of nitrogens with zero attached hydrogens (tertiary/aromatic N) is 4. The Kier molecular flexibility index (Phi) is 5.31. The lowest BCUT2D eigenvalue weighted by Crippen LogP contribution is -2.13. The van der Waals surface area contributed by atoms with Gasteiger partial charge in [-0.1, -0.05) is 49.8 Å². The Labute approximate surface area is 156 Å². The molecule has 0 bridgehead atoms. The lowest BCUT2D eigenvalue weighted by atomic mass is 9.96. The van der Waals surface area contributed by atoms with Crippen LogP contribution >= 0.6 is 11.8 Å². The van der Waals surface area contributed by atoms with Crippen LogP contribution in [-0.4, -0.2) is 26.9 Å². The number of hydrogen-bond donors (Lipinski definition) is 0. The summed E-state index contributed by atoms with van der Waals surface area (Å²) in [6, 6.07) is 7.59. The van der Waals surface area contributed by atoms with Crippen LogP contribution < -0.4 is 4.74 Å². The number of ether oxygens (including phenoxy) is 1. The van der Waals surface area contributed by atoms with Gasteiger partial charge in [0.1, 0.15) is 5.75 Å². The predicted octanol–water partition coefficient (Wildman–Crippen LogP) is 4.67. The fourth-order valence-electron chi connectivity index (χ4n) is 2.20. The first-order valence-corrected chi connectivity index (χ1v) is 9.33. The molecule has 3 aromatic rings. The highest BCUT2D eigenvalue weighted by Crippen LogP contribution is 2.36. The Hall–Kier alpha value is -2.35. The standard InChI is InChI=1S/C18H22N4O3S/c1-6-23-13-10-8-7-9-12(13)15-20-21-17(24-15)26-11(2)14-19-16(22-25-14)18(3,4)5/h7-11H,6H2,1-5H3/t11-/m1/s1. The fraction of sp³-hybridized carbons (Fsp3) is 0.444. The van der Waals surface area contributed by atoms with Crippen molar-refractivity contribution in [1.29, 1.82) is 0 Å². The van der Waals surface area contributed by atoms with Gasteiger partial charge in [0.15, 0.2) is 5.82 Å². The van der Waals surface area contributed by atoms with Crippen molar-refractivity contribution in [3.8, 4) is 17.2 Å². The van der Waals surface area contributed by atoms with E-state index in [9.17, 15) is 0 Å². The molecule has 0 aliphatic rings. The van der Waals surface area contributed by atoms with Gasteiger partial charge in [-0.05, 0) is 26.0 Å². The minimum atomic E-state index is -0.160. The van der Waals surface area contributed by atoms with E-state index >= 15 is 0 Å². The Bertz CT molecular complexity index is 869. The second kappa shape index (κ2) is 7.49. The van der Waals surface area contributed by atoms with Gasteiger partial charge in [-0.2, -0.15) is 4.98 Å². The molecule has 0 radical (unpaired) electrons. The zero-order chi connectivity index (χ0) is 18.7. The molecule has 0 N–H and O–H groups in total. The Morgan fingerprint density at radius 1 is 1.19 bits per heavy atom. The lowest BCUT2D eigenvalue weighted by Gasteiger charge is -2.11. The highest BCUT2D eigenvalue weighted by molar-refractivity contribution is 7.99. The summed E-state index contributed by atoms with van der Waals surface area (Å²) in [5.74, 6) is 2.35. The number of para-hydroxylation sites is 1. The summed E-state index contributed by atoms with van der Waals surface area (Å²) in [5.41, 5.74) is 0.612. The molecule has 0 spiro atoms. The largest absolute Gasteiger partial charge is 0.493 e. The molecule has 7 nitrogen and oxygen atoms in total. The van der Waals surface area contributed by atoms with E-state index in [2.05, 4.69) is 20.3 Å². The van der Waals surface area contributed by atoms with Crippen LogP contribution in [0, 0.1) is 0 Å². The summed E-state index contributed by atoms with van der Waals surface area (Å²) < 4.78 is 16.8. The summed E-state index contributed by atoms with van der Waals surface area (Å²) in [6.07, 6.45) is 0. The van der Waals surface area contributed by atoms with E-state index in [1.54, 1.807) is 0 Å². The maximum Gasteiger partial charge on any atom is 0.277 e. The number of thioether (sulfide) groups is 1. The first kappa shape index (κ1) is 18.4. The van der Waals surface area contributed by atoms with Crippen LogP contribution in [0.3, 0.4) is 0 Å². The van der Waals surface area contributed by atoms with Gasteiger partial charge >= 0.3 is 0 Å². The summed E-state index contributed by atoms with van der Waals surface area (Å²) in [5, 5.41) is 12.6. The lowest BCUT2D eigenvalue weighted by molar-refractivity contribution is 0.340. The highest BCUT2D eigenvalue weighted by Gasteiger charge is 2.25. The molecule has 26 heavy (non-hydrogen) atoms. The minimum absolute atomic E-state index is 0.103. The fourth-order valence-corrected chi connectivity index (χ4v) is 2.91. The van der Waals surface area contributed by atoms with Crippen molar-refractivity contribution in [3.63, 3.8) is 0 Å². The topological polar surface area (TPSA) is 87.1 Å². The van der Waals surface area contributed by atoms with Crippen molar-refractivity contribution >= 4 is 11.8 Å². The third-order valence-corrected chi connectivity index (χ3v) is 4.48. The summed E-state index contributed by atoms with van der Waals surface area (Å²) in [4.78, 5) is 4.47. The maximum atomic E-state index is 5.79. The predicted molar refractivity (Wildman–Crippen MR) is 98.2 cm³/mol. The molecule has 0 amide bonds. The molecule has 2 aromatic heterocycles. The van der Waals surface area contributed by atoms with Gasteiger partial charge in [-0.15, -0.1) is 10.2 Å². The van der Waals surface area contributed by atoms with Crippen molar-refractivity contribution in [2.75, 3.05) is 6.61 Å². The van der Waals surface area contributed by atoms with E-state index in [4.69, 9.17) is 13.7 Å². The molecular weight excluding hydrogens is 352 g/mol. The molecule has 2 heterocycles. The third-order valence-electron chi connectivity index (χ3n) is 3.56. The molecule has 0 saturated heterocycles. The number of aromatic nitrogens is 4. The summed E-state index contributed by atoms with van der Waals surface area (Å²) >= 11 is 1.38. The second-order valence-electron chi connectivity index (χ2n) is 6.77. The Morgan fingerprint density at radius 2 is 1.96 bits per heavy atom. The molecule has 0 aliphatic carbocycles. The molecule has 0 saturated carbocycles. The number of hydrogen-bond acceptors (Lipinski definition) is 8. The van der Waals surface area contributed by atoms with Crippen LogP contribution in [0.25, 0.3) is 11.5 Å². The molecule has 0 fully saturated rings. The molecule has 138 valence electrons. The van der Waals surface area contributed by atoms with Crippen LogP contribution in [0.5, 0.6) is 5.75 Å². The molecule has 3 rings (SSSR count). The average molecular weight is 374 g/mol. The monoisotopic (exact) mass is 374 g/mol. The van der Waals surface area contributed by atoms with E-state index in [1.165, 1.54) is 11.8 Å². The van der Waals surface area contributed by atoms with Crippen molar-refractivity contribution in [2.24, 2.45) is 0 Å². The minimum Gasteiger partial charge on any atom is -0.493 e. The summed E-state index contributed by atoms with van der Waals surface area (Å²) in [6.45, 7) is 10.6. The zero-order valence-electron chi connectivity index (χ0n) is 15.5. The molecule has 1 atom stereocenters. The summed E-state index contributed by atoms with van der Waals surface area (Å²) in [7, 11) is 0. The first-order chi connectivity index (χ1) is 12.4. The van der Waals surface area contributed by atoms with Crippen molar-refractivity contribution < 1.29 is 13.7 Å². The van der Waals surface area contributed by atoms with Gasteiger partial charge in [0.2, 0.25) is 5.89 Å². The SMILES string of the molecule is CCOc1ccccc1-c1nnc(S[C@H](C)c2nc(C(C)(C)C)no2)o1. The first-order valence-electron chi connectivity index (χ1n) is 8.45. The van der Waals surface area contributed by atoms with Crippen LogP contribution in [-0.2, 0) is 5.41 Å². The van der Waals surface area contributed by atoms with E-state index in [-0.39, 0.29) is 10.7 Å². The molecule has 8 heteroatoms. The van der Waals surface area contributed by atoms with E-state index in [0.29, 0.717) is 29.4 Å². The van der Waals surface area contributed by atoms with Crippen LogP contribution in [0.2, 0.25) is 0 Å². The van der Waals surface area contributed by atoms with Gasteiger partial charge < -0.3 is 13.7 Å². The van der Waals surface area contributed by atoms with Gasteiger partial charge in [0.25, 0.3) is 11.1 Å². The normalized spacial score (nSPS) is 13.0. The molecule has 1 aromatic carbocycles. The molecular formula is C18H22N4O3S. The van der Waals surface area contributed by atoms with E-state index < -0.39 is 0 Å². The second-order valence-corrected chi connectivity index (χ2v) is 8.06. The maximum absolute atomic E-state index is 5.79. The Morgan fingerprint density at radius 3 is 2.65 bits per heavy atom. The van der Waals surface area contributed by atoms with E-state index in [1.807, 2.05) is 58.9 Å². The van der Waals surface area contributed by atoms with Crippen molar-refractivity contribution in [3.05, 3.63) is 36.0 Å². The average Bonchev–Trinajstić information content (AvgIpc) is 3.24. The van der Waals surface area contributed by atoms with Crippen LogP contribution in [0.15, 0.2) is 38.4 Å². The quantitative estimate of drug-likeness (QED) is 0.575. The molecule has 0 unspecified atom stereocenters. The van der Waals surface area contributed by atoms with Crippen molar-refractivity contribution in [1.82, 2.24) is 20.3 Å². The zero-order valence-corrected chi connectivity index (χ0v) is 16.3. The Balaban J connectivity index is 1.75. The van der Waals surface area contributed by atoms with E-state index in [0.717, 1.165) is 11.3 Å².